The summed E-state index contributed by atoms with van der Waals surface area (Å²) < 4.78 is 13.6. The van der Waals surface area contributed by atoms with Gasteiger partial charge < -0.3 is 13.7 Å². The lowest BCUT2D eigenvalue weighted by molar-refractivity contribution is 0.668. The van der Waals surface area contributed by atoms with Crippen LogP contribution in [0.1, 0.15) is 0 Å². The van der Waals surface area contributed by atoms with Crippen LogP contribution in [-0.4, -0.2) is 0 Å². The number of fused-ring (bicyclic) bond motifs is 7. The number of benzene rings is 9. The summed E-state index contributed by atoms with van der Waals surface area (Å²) in [5.74, 6) is 0. The van der Waals surface area contributed by atoms with Gasteiger partial charge in [0.05, 0.1) is 11.4 Å². The number of furan rings is 2. The van der Waals surface area contributed by atoms with E-state index in [4.69, 9.17) is 8.83 Å². The Bertz CT molecular complexity index is 3190. The highest BCUT2D eigenvalue weighted by atomic mass is 16.3. The Morgan fingerprint density at radius 1 is 0.327 bits per heavy atom. The zero-order valence-corrected chi connectivity index (χ0v) is 29.8. The van der Waals surface area contributed by atoms with Gasteiger partial charge in [0.25, 0.3) is 0 Å². The van der Waals surface area contributed by atoms with Crippen LogP contribution in [0.4, 0.5) is 17.1 Å². The van der Waals surface area contributed by atoms with Crippen LogP contribution in [0.5, 0.6) is 0 Å². The SMILES string of the molecule is c1ccc(-c2cccc3c2oc2c(N(c4ccc(-c5cccc6ccccc56)cc4)c4ccc5c(c4)oc4ccccc45)ccc(-c4ccccc4)c23)cc1. The Kier molecular flexibility index (Phi) is 7.17. The van der Waals surface area contributed by atoms with Gasteiger partial charge in [-0.1, -0.05) is 158 Å². The summed E-state index contributed by atoms with van der Waals surface area (Å²) in [4.78, 5) is 2.31. The van der Waals surface area contributed by atoms with Gasteiger partial charge in [0.1, 0.15) is 16.7 Å². The number of hydrogen-bond donors (Lipinski definition) is 0. The van der Waals surface area contributed by atoms with Crippen LogP contribution in [0.15, 0.2) is 209 Å². The van der Waals surface area contributed by atoms with Crippen LogP contribution in [0.25, 0.3) is 88.0 Å². The van der Waals surface area contributed by atoms with Gasteiger partial charge in [-0.05, 0) is 75.0 Å². The Morgan fingerprint density at radius 2 is 0.927 bits per heavy atom. The average Bonchev–Trinajstić information content (AvgIpc) is 3.84. The van der Waals surface area contributed by atoms with E-state index < -0.39 is 0 Å². The summed E-state index contributed by atoms with van der Waals surface area (Å²) in [7, 11) is 0. The van der Waals surface area contributed by atoms with Crippen molar-refractivity contribution in [2.75, 3.05) is 4.90 Å². The van der Waals surface area contributed by atoms with Crippen LogP contribution in [0, 0.1) is 0 Å². The lowest BCUT2D eigenvalue weighted by Gasteiger charge is -2.26. The van der Waals surface area contributed by atoms with Gasteiger partial charge in [-0.15, -0.1) is 0 Å². The van der Waals surface area contributed by atoms with E-state index in [1.807, 2.05) is 12.1 Å². The predicted molar refractivity (Wildman–Crippen MR) is 229 cm³/mol. The van der Waals surface area contributed by atoms with Crippen LogP contribution in [-0.2, 0) is 0 Å². The first-order chi connectivity index (χ1) is 27.3. The summed E-state index contributed by atoms with van der Waals surface area (Å²) in [6.45, 7) is 0. The molecular formula is C52H33NO2. The molecule has 0 saturated heterocycles. The normalized spacial score (nSPS) is 11.6. The van der Waals surface area contributed by atoms with Gasteiger partial charge in [-0.3, -0.25) is 0 Å². The Labute approximate surface area is 317 Å². The molecule has 55 heavy (non-hydrogen) atoms. The molecule has 9 aromatic carbocycles. The maximum Gasteiger partial charge on any atom is 0.160 e. The van der Waals surface area contributed by atoms with E-state index in [9.17, 15) is 0 Å². The second-order valence-electron chi connectivity index (χ2n) is 14.0. The minimum atomic E-state index is 0.822. The highest BCUT2D eigenvalue weighted by Crippen LogP contribution is 2.48. The zero-order valence-electron chi connectivity index (χ0n) is 29.8. The smallest absolute Gasteiger partial charge is 0.160 e. The van der Waals surface area contributed by atoms with Crippen molar-refractivity contribution < 1.29 is 8.83 Å². The molecule has 0 saturated carbocycles. The molecule has 2 aromatic heterocycles. The van der Waals surface area contributed by atoms with Crippen LogP contribution >= 0.6 is 0 Å². The fourth-order valence-corrected chi connectivity index (χ4v) is 8.32. The lowest BCUT2D eigenvalue weighted by atomic mass is 9.96. The number of para-hydroxylation sites is 2. The molecule has 0 bridgehead atoms. The molecule has 11 aromatic rings. The molecule has 0 aliphatic carbocycles. The van der Waals surface area contributed by atoms with Crippen molar-refractivity contribution in [1.29, 1.82) is 0 Å². The van der Waals surface area contributed by atoms with Gasteiger partial charge in [0.2, 0.25) is 0 Å². The molecule has 0 spiro atoms. The Hall–Kier alpha value is -7.36. The second kappa shape index (κ2) is 12.6. The third kappa shape index (κ3) is 5.13. The molecule has 0 aliphatic rings. The fraction of sp³-hybridized carbons (Fsp3) is 0. The van der Waals surface area contributed by atoms with E-state index in [0.29, 0.717) is 0 Å². The standard InChI is InChI=1S/C52H33NO2/c1-3-13-35(14-4-1)42-31-32-47(52-50(42)46-23-12-22-43(51(46)55-52)36-15-5-2-6-16-36)53(39-29-30-45-44-20-9-10-24-48(44)54-49(45)33-39)38-27-25-37(26-28-38)41-21-11-18-34-17-7-8-19-40(34)41/h1-33H. The van der Waals surface area contributed by atoms with Crippen molar-refractivity contribution in [2.45, 2.75) is 0 Å². The molecule has 0 N–H and O–H groups in total. The first kappa shape index (κ1) is 31.2. The van der Waals surface area contributed by atoms with Gasteiger partial charge >= 0.3 is 0 Å². The molecule has 258 valence electrons. The molecular weight excluding hydrogens is 671 g/mol. The van der Waals surface area contributed by atoms with E-state index >= 15 is 0 Å². The topological polar surface area (TPSA) is 29.5 Å². The van der Waals surface area contributed by atoms with Crippen molar-refractivity contribution in [1.82, 2.24) is 0 Å². The van der Waals surface area contributed by atoms with E-state index in [2.05, 4.69) is 193 Å². The summed E-state index contributed by atoms with van der Waals surface area (Å²) >= 11 is 0. The van der Waals surface area contributed by atoms with Crippen LogP contribution in [0.3, 0.4) is 0 Å². The number of rotatable bonds is 6. The van der Waals surface area contributed by atoms with E-state index in [-0.39, 0.29) is 0 Å². The summed E-state index contributed by atoms with van der Waals surface area (Å²) in [5.41, 5.74) is 13.1. The molecule has 3 heteroatoms. The number of nitrogens with zero attached hydrogens (tertiary/aromatic N) is 1. The average molecular weight is 704 g/mol. The minimum absolute atomic E-state index is 0.822. The van der Waals surface area contributed by atoms with Crippen molar-refractivity contribution in [2.24, 2.45) is 0 Å². The van der Waals surface area contributed by atoms with Crippen LogP contribution in [0.2, 0.25) is 0 Å². The predicted octanol–water partition coefficient (Wildman–Crippen LogP) is 15.1. The van der Waals surface area contributed by atoms with E-state index in [0.717, 1.165) is 88.8 Å². The molecule has 3 nitrogen and oxygen atoms in total. The Morgan fingerprint density at radius 3 is 1.75 bits per heavy atom. The van der Waals surface area contributed by atoms with Crippen LogP contribution < -0.4 is 4.90 Å². The van der Waals surface area contributed by atoms with Crippen molar-refractivity contribution in [3.8, 4) is 33.4 Å². The summed E-state index contributed by atoms with van der Waals surface area (Å²) in [6.07, 6.45) is 0. The lowest BCUT2D eigenvalue weighted by Crippen LogP contribution is -2.10. The van der Waals surface area contributed by atoms with E-state index in [1.54, 1.807) is 0 Å². The molecule has 0 fully saturated rings. The highest BCUT2D eigenvalue weighted by molar-refractivity contribution is 6.19. The minimum Gasteiger partial charge on any atom is -0.456 e. The zero-order chi connectivity index (χ0) is 36.3. The molecule has 0 aliphatic heterocycles. The number of anilines is 3. The fourth-order valence-electron chi connectivity index (χ4n) is 8.32. The van der Waals surface area contributed by atoms with Crippen molar-refractivity contribution in [3.63, 3.8) is 0 Å². The Balaban J connectivity index is 1.17. The number of hydrogen-bond acceptors (Lipinski definition) is 3. The largest absolute Gasteiger partial charge is 0.456 e. The molecule has 11 rings (SSSR count). The van der Waals surface area contributed by atoms with Gasteiger partial charge in [0.15, 0.2) is 5.58 Å². The molecule has 0 radical (unpaired) electrons. The van der Waals surface area contributed by atoms with E-state index in [1.165, 1.54) is 16.3 Å². The van der Waals surface area contributed by atoms with Gasteiger partial charge in [-0.25, -0.2) is 0 Å². The van der Waals surface area contributed by atoms with Crippen molar-refractivity contribution >= 4 is 71.7 Å². The maximum atomic E-state index is 7.17. The monoisotopic (exact) mass is 703 g/mol. The highest BCUT2D eigenvalue weighted by Gasteiger charge is 2.24. The maximum absolute atomic E-state index is 7.17. The second-order valence-corrected chi connectivity index (χ2v) is 14.0. The van der Waals surface area contributed by atoms with Gasteiger partial charge in [0, 0.05) is 38.9 Å². The first-order valence-electron chi connectivity index (χ1n) is 18.7. The third-order valence-corrected chi connectivity index (χ3v) is 10.9. The van der Waals surface area contributed by atoms with Gasteiger partial charge in [-0.2, -0.15) is 0 Å². The van der Waals surface area contributed by atoms with Crippen molar-refractivity contribution in [3.05, 3.63) is 200 Å². The third-order valence-electron chi connectivity index (χ3n) is 10.9. The summed E-state index contributed by atoms with van der Waals surface area (Å²) in [5, 5.41) is 6.82. The quantitative estimate of drug-likeness (QED) is 0.173. The molecule has 2 heterocycles. The molecule has 0 unspecified atom stereocenters. The summed E-state index contributed by atoms with van der Waals surface area (Å²) in [6, 6.07) is 70.8. The molecule has 0 amide bonds. The first-order valence-corrected chi connectivity index (χ1v) is 18.7. The molecule has 0 atom stereocenters.